The first kappa shape index (κ1) is 14.2. The summed E-state index contributed by atoms with van der Waals surface area (Å²) in [5.41, 5.74) is 1.03. The van der Waals surface area contributed by atoms with E-state index in [0.717, 1.165) is 42.9 Å². The number of piperidine rings is 1. The lowest BCUT2D eigenvalue weighted by Gasteiger charge is -2.25. The summed E-state index contributed by atoms with van der Waals surface area (Å²) in [4.78, 5) is 12.2. The zero-order valence-corrected chi connectivity index (χ0v) is 12.4. The third-order valence-electron chi connectivity index (χ3n) is 4.05. The molecule has 0 aliphatic carbocycles. The molecule has 1 fully saturated rings. The van der Waals surface area contributed by atoms with E-state index in [0.29, 0.717) is 13.2 Å². The van der Waals surface area contributed by atoms with Crippen LogP contribution in [0.3, 0.4) is 0 Å². The minimum absolute atomic E-state index is 0.0444. The molecule has 21 heavy (non-hydrogen) atoms. The Morgan fingerprint density at radius 1 is 1.29 bits per heavy atom. The highest BCUT2D eigenvalue weighted by Crippen LogP contribution is 2.32. The van der Waals surface area contributed by atoms with Gasteiger partial charge in [-0.15, -0.1) is 0 Å². The van der Waals surface area contributed by atoms with Gasteiger partial charge >= 0.3 is 0 Å². The van der Waals surface area contributed by atoms with Gasteiger partial charge in [-0.3, -0.25) is 4.79 Å². The number of amides is 1. The van der Waals surface area contributed by atoms with Crippen LogP contribution in [0, 0.1) is 0 Å². The van der Waals surface area contributed by atoms with Crippen LogP contribution < -0.4 is 20.1 Å². The molecule has 1 aromatic carbocycles. The van der Waals surface area contributed by atoms with Gasteiger partial charge in [0.05, 0.1) is 12.1 Å². The minimum atomic E-state index is -0.0570. The first-order valence-electron chi connectivity index (χ1n) is 7.67. The van der Waals surface area contributed by atoms with Crippen molar-refractivity contribution < 1.29 is 14.3 Å². The Morgan fingerprint density at radius 3 is 2.86 bits per heavy atom. The minimum Gasteiger partial charge on any atom is -0.486 e. The third-order valence-corrected chi connectivity index (χ3v) is 4.05. The van der Waals surface area contributed by atoms with Crippen molar-refractivity contribution in [2.45, 2.75) is 38.3 Å². The van der Waals surface area contributed by atoms with E-state index < -0.39 is 0 Å². The molecule has 1 aromatic rings. The van der Waals surface area contributed by atoms with E-state index in [1.165, 1.54) is 0 Å². The van der Waals surface area contributed by atoms with Crippen molar-refractivity contribution in [1.82, 2.24) is 10.6 Å². The number of hydrogen-bond acceptors (Lipinski definition) is 4. The Morgan fingerprint density at radius 2 is 2.10 bits per heavy atom. The van der Waals surface area contributed by atoms with Crippen molar-refractivity contribution >= 4 is 5.91 Å². The second kappa shape index (κ2) is 6.35. The van der Waals surface area contributed by atoms with Crippen molar-refractivity contribution in [2.75, 3.05) is 19.8 Å². The quantitative estimate of drug-likeness (QED) is 0.891. The number of benzene rings is 1. The predicted molar refractivity (Wildman–Crippen MR) is 79.6 cm³/mol. The van der Waals surface area contributed by atoms with Gasteiger partial charge in [-0.25, -0.2) is 0 Å². The van der Waals surface area contributed by atoms with Crippen LogP contribution in [-0.4, -0.2) is 31.7 Å². The normalized spacial score (nSPS) is 22.4. The molecule has 0 spiro atoms. The Labute approximate surface area is 125 Å². The summed E-state index contributed by atoms with van der Waals surface area (Å²) in [7, 11) is 0. The molecule has 2 aliphatic rings. The van der Waals surface area contributed by atoms with Crippen LogP contribution >= 0.6 is 0 Å². The maximum absolute atomic E-state index is 12.2. The fraction of sp³-hybridized carbons (Fsp3) is 0.562. The molecule has 5 nitrogen and oxygen atoms in total. The molecule has 2 N–H and O–H groups in total. The number of nitrogens with one attached hydrogen (secondary N) is 2. The predicted octanol–water partition coefficient (Wildman–Crippen LogP) is 1.78. The molecule has 0 bridgehead atoms. The number of rotatable bonds is 3. The molecule has 2 heterocycles. The smallest absolute Gasteiger partial charge is 0.237 e. The van der Waals surface area contributed by atoms with Crippen LogP contribution in [0.5, 0.6) is 11.5 Å². The van der Waals surface area contributed by atoms with Crippen LogP contribution in [-0.2, 0) is 4.79 Å². The second-order valence-corrected chi connectivity index (χ2v) is 5.64. The zero-order chi connectivity index (χ0) is 14.7. The summed E-state index contributed by atoms with van der Waals surface area (Å²) in [6.07, 6.45) is 3.19. The van der Waals surface area contributed by atoms with Crippen molar-refractivity contribution in [3.8, 4) is 11.5 Å². The summed E-state index contributed by atoms with van der Waals surface area (Å²) in [5, 5.41) is 6.34. The van der Waals surface area contributed by atoms with Crippen LogP contribution in [0.15, 0.2) is 18.2 Å². The topological polar surface area (TPSA) is 59.6 Å². The molecular formula is C16H22N2O3. The van der Waals surface area contributed by atoms with Gasteiger partial charge in [0.2, 0.25) is 5.91 Å². The first-order chi connectivity index (χ1) is 10.2. The molecule has 0 radical (unpaired) electrons. The Balaban J connectivity index is 1.64. The van der Waals surface area contributed by atoms with E-state index in [4.69, 9.17) is 9.47 Å². The fourth-order valence-electron chi connectivity index (χ4n) is 2.80. The molecular weight excluding hydrogens is 268 g/mol. The number of carbonyl (C=O) groups excluding carboxylic acids is 1. The molecule has 0 saturated carbocycles. The zero-order valence-electron chi connectivity index (χ0n) is 12.4. The number of hydrogen-bond donors (Lipinski definition) is 2. The lowest BCUT2D eigenvalue weighted by Crippen LogP contribution is -2.47. The maximum Gasteiger partial charge on any atom is 0.237 e. The average Bonchev–Trinajstić information content (AvgIpc) is 2.55. The van der Waals surface area contributed by atoms with Crippen molar-refractivity contribution in [2.24, 2.45) is 0 Å². The van der Waals surface area contributed by atoms with Crippen LogP contribution in [0.4, 0.5) is 0 Å². The van der Waals surface area contributed by atoms with E-state index >= 15 is 0 Å². The summed E-state index contributed by atoms with van der Waals surface area (Å²) < 4.78 is 11.1. The van der Waals surface area contributed by atoms with E-state index in [1.807, 2.05) is 25.1 Å². The maximum atomic E-state index is 12.2. The van der Waals surface area contributed by atoms with Gasteiger partial charge < -0.3 is 20.1 Å². The summed E-state index contributed by atoms with van der Waals surface area (Å²) in [6.45, 7) is 4.08. The first-order valence-corrected chi connectivity index (χ1v) is 7.67. The van der Waals surface area contributed by atoms with Crippen molar-refractivity contribution in [3.05, 3.63) is 23.8 Å². The highest BCUT2D eigenvalue weighted by Gasteiger charge is 2.22. The van der Waals surface area contributed by atoms with E-state index in [2.05, 4.69) is 10.6 Å². The average molecular weight is 290 g/mol. The van der Waals surface area contributed by atoms with Gasteiger partial charge in [-0.05, 0) is 44.0 Å². The number of fused-ring (bicyclic) bond motifs is 1. The Hall–Kier alpha value is -1.75. The molecule has 3 rings (SSSR count). The fourth-order valence-corrected chi connectivity index (χ4v) is 2.80. The molecule has 5 heteroatoms. The lowest BCUT2D eigenvalue weighted by molar-refractivity contribution is -0.124. The van der Waals surface area contributed by atoms with E-state index in [-0.39, 0.29) is 18.0 Å². The van der Waals surface area contributed by atoms with Crippen LogP contribution in [0.25, 0.3) is 0 Å². The summed E-state index contributed by atoms with van der Waals surface area (Å²) in [6, 6.07) is 5.74. The van der Waals surface area contributed by atoms with Crippen molar-refractivity contribution in [3.63, 3.8) is 0 Å². The molecule has 114 valence electrons. The molecule has 2 atom stereocenters. The standard InChI is InChI=1S/C16H22N2O3/c1-11(18-16(19)13-4-2-3-7-17-13)12-5-6-14-15(10-12)21-9-8-20-14/h5-6,10-11,13,17H,2-4,7-9H2,1H3,(H,18,19)/t11?,13-/m1/s1. The van der Waals surface area contributed by atoms with Gasteiger partial charge in [-0.1, -0.05) is 12.5 Å². The molecule has 1 unspecified atom stereocenters. The van der Waals surface area contributed by atoms with Crippen molar-refractivity contribution in [1.29, 1.82) is 0 Å². The third kappa shape index (κ3) is 3.29. The van der Waals surface area contributed by atoms with Gasteiger partial charge in [0, 0.05) is 0 Å². The number of ether oxygens (including phenoxy) is 2. The highest BCUT2D eigenvalue weighted by atomic mass is 16.6. The lowest BCUT2D eigenvalue weighted by atomic mass is 10.0. The van der Waals surface area contributed by atoms with Gasteiger partial charge in [0.15, 0.2) is 11.5 Å². The largest absolute Gasteiger partial charge is 0.486 e. The molecule has 0 aromatic heterocycles. The summed E-state index contributed by atoms with van der Waals surface area (Å²) >= 11 is 0. The highest BCUT2D eigenvalue weighted by molar-refractivity contribution is 5.82. The van der Waals surface area contributed by atoms with Crippen LogP contribution in [0.2, 0.25) is 0 Å². The Kier molecular flexibility index (Phi) is 4.29. The van der Waals surface area contributed by atoms with E-state index in [9.17, 15) is 4.79 Å². The van der Waals surface area contributed by atoms with Gasteiger partial charge in [0.25, 0.3) is 0 Å². The Bertz CT molecular complexity index is 512. The molecule has 2 aliphatic heterocycles. The van der Waals surface area contributed by atoms with Crippen LogP contribution in [0.1, 0.15) is 37.8 Å². The second-order valence-electron chi connectivity index (χ2n) is 5.64. The summed E-state index contributed by atoms with van der Waals surface area (Å²) in [5.74, 6) is 1.62. The van der Waals surface area contributed by atoms with Gasteiger partial charge in [-0.2, -0.15) is 0 Å². The van der Waals surface area contributed by atoms with E-state index in [1.54, 1.807) is 0 Å². The number of carbonyl (C=O) groups is 1. The van der Waals surface area contributed by atoms with Gasteiger partial charge in [0.1, 0.15) is 13.2 Å². The molecule has 1 saturated heterocycles. The monoisotopic (exact) mass is 290 g/mol. The molecule has 1 amide bonds. The SMILES string of the molecule is CC(NC(=O)[C@H]1CCCCN1)c1ccc2c(c1)OCCO2.